The van der Waals surface area contributed by atoms with E-state index in [1.165, 1.54) is 12.6 Å². The molecule has 1 aliphatic carbocycles. The number of aromatic nitrogens is 5. The van der Waals surface area contributed by atoms with Crippen LogP contribution < -0.4 is 10.6 Å². The summed E-state index contributed by atoms with van der Waals surface area (Å²) in [7, 11) is 0. The van der Waals surface area contributed by atoms with Crippen molar-refractivity contribution >= 4 is 22.8 Å². The summed E-state index contributed by atoms with van der Waals surface area (Å²) in [6, 6.07) is 12.1. The normalized spacial score (nSPS) is 13.4. The first-order chi connectivity index (χ1) is 13.3. The third-order valence-electron chi connectivity index (χ3n) is 4.26. The molecule has 0 bridgehead atoms. The zero-order chi connectivity index (χ0) is 18.2. The van der Waals surface area contributed by atoms with Crippen LogP contribution in [0.4, 0.5) is 17.2 Å². The lowest BCUT2D eigenvalue weighted by atomic mass is 10.2. The fourth-order valence-corrected chi connectivity index (χ4v) is 2.84. The van der Waals surface area contributed by atoms with Crippen molar-refractivity contribution in [2.75, 3.05) is 10.6 Å². The molecule has 0 saturated heterocycles. The van der Waals surface area contributed by atoms with Gasteiger partial charge in [0.1, 0.15) is 6.07 Å². The number of imidazole rings is 1. The minimum atomic E-state index is 0.382. The van der Waals surface area contributed by atoms with Crippen LogP contribution in [0.25, 0.3) is 17.1 Å². The van der Waals surface area contributed by atoms with Gasteiger partial charge in [-0.25, -0.2) is 4.98 Å². The maximum absolute atomic E-state index is 9.32. The fraction of sp³-hybridized carbons (Fsp3) is 0.167. The highest BCUT2D eigenvalue weighted by atomic mass is 16.4. The van der Waals surface area contributed by atoms with Gasteiger partial charge in [0.25, 0.3) is 0 Å². The molecule has 1 saturated carbocycles. The van der Waals surface area contributed by atoms with Gasteiger partial charge in [-0.05, 0) is 31.0 Å². The van der Waals surface area contributed by atoms with Crippen LogP contribution in [-0.4, -0.2) is 30.8 Å². The summed E-state index contributed by atoms with van der Waals surface area (Å²) in [6.07, 6.45) is 5.09. The third kappa shape index (κ3) is 2.93. The molecule has 27 heavy (non-hydrogen) atoms. The maximum atomic E-state index is 9.32. The second kappa shape index (κ2) is 6.10. The number of anilines is 3. The summed E-state index contributed by atoms with van der Waals surface area (Å²) in [4.78, 5) is 4.33. The van der Waals surface area contributed by atoms with E-state index < -0.39 is 0 Å². The van der Waals surface area contributed by atoms with Crippen molar-refractivity contribution < 1.29 is 4.42 Å². The number of hydrogen-bond acceptors (Lipinski definition) is 8. The summed E-state index contributed by atoms with van der Waals surface area (Å²) < 4.78 is 6.80. The van der Waals surface area contributed by atoms with Crippen molar-refractivity contribution in [1.29, 1.82) is 5.26 Å². The Morgan fingerprint density at radius 2 is 2.19 bits per heavy atom. The fourth-order valence-electron chi connectivity index (χ4n) is 2.84. The summed E-state index contributed by atoms with van der Waals surface area (Å²) >= 11 is 0. The summed E-state index contributed by atoms with van der Waals surface area (Å²) in [5.74, 6) is 1.04. The SMILES string of the molecule is N#Cc1cnc2c(NC3CC3)cc(Nc3cccc(-c4nnco4)c3)nn12. The first-order valence-electron chi connectivity index (χ1n) is 8.49. The van der Waals surface area contributed by atoms with Crippen LogP contribution in [0.2, 0.25) is 0 Å². The number of hydrogen-bond donors (Lipinski definition) is 2. The molecule has 1 fully saturated rings. The van der Waals surface area contributed by atoms with Crippen LogP contribution in [0.15, 0.2) is 47.3 Å². The number of rotatable bonds is 5. The van der Waals surface area contributed by atoms with Crippen molar-refractivity contribution in [1.82, 2.24) is 24.8 Å². The molecule has 3 heterocycles. The molecule has 1 aromatic carbocycles. The Balaban J connectivity index is 1.53. The Labute approximate surface area is 153 Å². The van der Waals surface area contributed by atoms with Gasteiger partial charge in [-0.3, -0.25) is 0 Å². The number of nitrogens with one attached hydrogen (secondary N) is 2. The molecule has 0 unspecified atom stereocenters. The monoisotopic (exact) mass is 358 g/mol. The van der Waals surface area contributed by atoms with Crippen molar-refractivity contribution in [2.45, 2.75) is 18.9 Å². The van der Waals surface area contributed by atoms with Crippen molar-refractivity contribution in [2.24, 2.45) is 0 Å². The van der Waals surface area contributed by atoms with Gasteiger partial charge >= 0.3 is 0 Å². The van der Waals surface area contributed by atoms with E-state index >= 15 is 0 Å². The van der Waals surface area contributed by atoms with E-state index in [0.29, 0.717) is 29.1 Å². The Morgan fingerprint density at radius 3 is 2.96 bits per heavy atom. The van der Waals surface area contributed by atoms with E-state index in [2.05, 4.69) is 37.0 Å². The van der Waals surface area contributed by atoms with E-state index in [1.807, 2.05) is 30.3 Å². The van der Waals surface area contributed by atoms with E-state index in [9.17, 15) is 5.26 Å². The third-order valence-corrected chi connectivity index (χ3v) is 4.26. The average molecular weight is 358 g/mol. The van der Waals surface area contributed by atoms with E-state index in [1.54, 1.807) is 4.52 Å². The van der Waals surface area contributed by atoms with Gasteiger partial charge < -0.3 is 15.1 Å². The van der Waals surface area contributed by atoms with Crippen LogP contribution in [0, 0.1) is 11.3 Å². The van der Waals surface area contributed by atoms with Crippen LogP contribution in [0.5, 0.6) is 0 Å². The first kappa shape index (κ1) is 15.3. The molecule has 0 amide bonds. The van der Waals surface area contributed by atoms with Gasteiger partial charge in [-0.2, -0.15) is 9.78 Å². The van der Waals surface area contributed by atoms with Crippen LogP contribution in [0.3, 0.4) is 0 Å². The molecule has 3 aromatic heterocycles. The minimum Gasteiger partial charge on any atom is -0.423 e. The van der Waals surface area contributed by atoms with E-state index in [-0.39, 0.29) is 0 Å². The van der Waals surface area contributed by atoms with Gasteiger partial charge in [0.05, 0.1) is 11.9 Å². The van der Waals surface area contributed by atoms with E-state index in [0.717, 1.165) is 29.8 Å². The number of nitrogens with zero attached hydrogens (tertiary/aromatic N) is 6. The quantitative estimate of drug-likeness (QED) is 0.559. The summed E-state index contributed by atoms with van der Waals surface area (Å²) in [5.41, 5.74) is 3.49. The smallest absolute Gasteiger partial charge is 0.247 e. The summed E-state index contributed by atoms with van der Waals surface area (Å²) in [6.45, 7) is 0. The molecule has 5 rings (SSSR count). The summed E-state index contributed by atoms with van der Waals surface area (Å²) in [5, 5.41) is 28.2. The molecule has 9 heteroatoms. The highest BCUT2D eigenvalue weighted by molar-refractivity contribution is 5.74. The molecule has 0 atom stereocenters. The molecule has 4 aromatic rings. The van der Waals surface area contributed by atoms with Gasteiger partial charge in [0.15, 0.2) is 17.2 Å². The molecule has 9 nitrogen and oxygen atoms in total. The van der Waals surface area contributed by atoms with Crippen LogP contribution in [-0.2, 0) is 0 Å². The van der Waals surface area contributed by atoms with Crippen LogP contribution in [0.1, 0.15) is 18.5 Å². The van der Waals surface area contributed by atoms with Crippen LogP contribution >= 0.6 is 0 Å². The molecule has 0 spiro atoms. The second-order valence-electron chi connectivity index (χ2n) is 6.30. The Bertz CT molecular complexity index is 1150. The topological polar surface area (TPSA) is 117 Å². The van der Waals surface area contributed by atoms with Crippen molar-refractivity contribution in [3.63, 3.8) is 0 Å². The Morgan fingerprint density at radius 1 is 1.26 bits per heavy atom. The molecule has 0 radical (unpaired) electrons. The lowest BCUT2D eigenvalue weighted by Gasteiger charge is -2.11. The second-order valence-corrected chi connectivity index (χ2v) is 6.30. The molecule has 132 valence electrons. The van der Waals surface area contributed by atoms with E-state index in [4.69, 9.17) is 4.42 Å². The zero-order valence-corrected chi connectivity index (χ0v) is 14.1. The number of fused-ring (bicyclic) bond motifs is 1. The highest BCUT2D eigenvalue weighted by Crippen LogP contribution is 2.29. The Hall–Kier alpha value is -3.93. The lowest BCUT2D eigenvalue weighted by Crippen LogP contribution is -2.07. The lowest BCUT2D eigenvalue weighted by molar-refractivity contribution is 0.568. The highest BCUT2D eigenvalue weighted by Gasteiger charge is 2.23. The standard InChI is InChI=1S/C18H14N8O/c19-8-14-9-20-17-15(22-12-4-5-12)7-16(25-26(14)17)23-13-3-1-2-11(6-13)18-24-21-10-27-18/h1-3,6-7,9-10,12,22H,4-5H2,(H,23,25). The Kier molecular flexibility index (Phi) is 3.47. The largest absolute Gasteiger partial charge is 0.423 e. The van der Waals surface area contributed by atoms with Crippen molar-refractivity contribution in [3.8, 4) is 17.5 Å². The molecule has 2 N–H and O–H groups in total. The maximum Gasteiger partial charge on any atom is 0.247 e. The van der Waals surface area contributed by atoms with Gasteiger partial charge in [0.2, 0.25) is 12.3 Å². The van der Waals surface area contributed by atoms with Gasteiger partial charge in [-0.15, -0.1) is 15.3 Å². The predicted molar refractivity (Wildman–Crippen MR) is 97.4 cm³/mol. The van der Waals surface area contributed by atoms with Gasteiger partial charge in [0, 0.05) is 23.4 Å². The zero-order valence-electron chi connectivity index (χ0n) is 14.1. The number of nitriles is 1. The average Bonchev–Trinajstić information content (AvgIpc) is 3.18. The predicted octanol–water partition coefficient (Wildman–Crippen LogP) is 2.97. The van der Waals surface area contributed by atoms with Crippen molar-refractivity contribution in [3.05, 3.63) is 48.6 Å². The number of benzene rings is 1. The molecule has 1 aliphatic rings. The first-order valence-corrected chi connectivity index (χ1v) is 8.49. The molecular weight excluding hydrogens is 344 g/mol. The molecule has 0 aliphatic heterocycles. The molecular formula is C18H14N8O. The van der Waals surface area contributed by atoms with Gasteiger partial charge in [-0.1, -0.05) is 6.07 Å². The minimum absolute atomic E-state index is 0.382.